The number of aliphatic hydroxyl groups is 1. The Balaban J connectivity index is 1.68. The van der Waals surface area contributed by atoms with Gasteiger partial charge >= 0.3 is 0 Å². The van der Waals surface area contributed by atoms with Gasteiger partial charge in [0.2, 0.25) is 0 Å². The highest BCUT2D eigenvalue weighted by Gasteiger charge is 2.64. The average Bonchev–Trinajstić information content (AvgIpc) is 2.92. The largest absolute Gasteiger partial charge is 0.383 e. The van der Waals surface area contributed by atoms with Crippen LogP contribution in [0.5, 0.6) is 0 Å². The second kappa shape index (κ2) is 5.82. The van der Waals surface area contributed by atoms with E-state index in [1.807, 2.05) is 6.92 Å². The molecule has 5 heteroatoms. The number of hydrogen-bond donors (Lipinski definition) is 3. The zero-order chi connectivity index (χ0) is 18.7. The van der Waals surface area contributed by atoms with Crippen molar-refractivity contribution in [1.29, 1.82) is 0 Å². The summed E-state index contributed by atoms with van der Waals surface area (Å²) >= 11 is 0. The number of fused-ring (bicyclic) bond motifs is 5. The minimum atomic E-state index is -0.833. The molecule has 3 fully saturated rings. The van der Waals surface area contributed by atoms with Crippen molar-refractivity contribution >= 4 is 11.4 Å². The van der Waals surface area contributed by atoms with Crippen LogP contribution in [0.4, 0.5) is 0 Å². The fourth-order valence-electron chi connectivity index (χ4n) is 7.39. The maximum atomic E-state index is 11.5. The van der Waals surface area contributed by atoms with Gasteiger partial charge in [-0.3, -0.25) is 0 Å². The van der Waals surface area contributed by atoms with E-state index in [0.29, 0.717) is 23.5 Å². The van der Waals surface area contributed by atoms with Crippen LogP contribution in [0.25, 0.3) is 0 Å². The first kappa shape index (κ1) is 18.0. The van der Waals surface area contributed by atoms with E-state index in [9.17, 15) is 5.11 Å². The topological polar surface area (TPSA) is 97.0 Å². The van der Waals surface area contributed by atoms with Crippen LogP contribution < -0.4 is 11.7 Å². The van der Waals surface area contributed by atoms with Crippen LogP contribution in [0.3, 0.4) is 0 Å². The lowest BCUT2D eigenvalue weighted by Gasteiger charge is -2.59. The highest BCUT2D eigenvalue weighted by molar-refractivity contribution is 5.96. The molecule has 5 nitrogen and oxygen atoms in total. The van der Waals surface area contributed by atoms with E-state index in [-0.39, 0.29) is 10.8 Å². The first-order chi connectivity index (χ1) is 12.3. The van der Waals surface area contributed by atoms with Crippen molar-refractivity contribution in [3.8, 4) is 0 Å². The molecule has 0 aromatic heterocycles. The molecular weight excluding hydrogens is 324 g/mol. The fraction of sp³-hybridized carbons (Fsp3) is 0.810. The van der Waals surface area contributed by atoms with Gasteiger partial charge in [-0.25, -0.2) is 0 Å². The Morgan fingerprint density at radius 2 is 1.81 bits per heavy atom. The minimum absolute atomic E-state index is 0.1000. The summed E-state index contributed by atoms with van der Waals surface area (Å²) in [5.41, 5.74) is 2.67. The lowest BCUT2D eigenvalue weighted by molar-refractivity contribution is -0.0945. The first-order valence-electron chi connectivity index (χ1n) is 10.3. The van der Waals surface area contributed by atoms with Crippen LogP contribution in [0.2, 0.25) is 0 Å². The standard InChI is InChI=1S/C21H34N4O/c1-13(24-22)21(26)11-8-18-16-5-4-14-12-15(25-23)6-9-19(14,2)17(16)7-10-20(18,21)3/h12,16-18,26H,4-11,22-23H2,1-3H3/b24-13-,25-15+/t16-,17-,18+,19-,20+,21-/m1/s1. The summed E-state index contributed by atoms with van der Waals surface area (Å²) < 4.78 is 0. The number of nitrogens with zero attached hydrogens (tertiary/aromatic N) is 2. The van der Waals surface area contributed by atoms with Crippen LogP contribution in [0, 0.1) is 28.6 Å². The third-order valence-corrected chi connectivity index (χ3v) is 9.09. The molecule has 4 aliphatic carbocycles. The molecular formula is C21H34N4O. The number of hydrazone groups is 2. The van der Waals surface area contributed by atoms with Crippen molar-refractivity contribution in [2.24, 2.45) is 50.5 Å². The number of allylic oxidation sites excluding steroid dienone is 2. The van der Waals surface area contributed by atoms with E-state index in [2.05, 4.69) is 30.1 Å². The predicted molar refractivity (Wildman–Crippen MR) is 106 cm³/mol. The lowest BCUT2D eigenvalue weighted by atomic mass is 9.46. The minimum Gasteiger partial charge on any atom is -0.383 e. The highest BCUT2D eigenvalue weighted by Crippen LogP contribution is 2.67. The van der Waals surface area contributed by atoms with E-state index in [4.69, 9.17) is 11.7 Å². The molecule has 0 aromatic carbocycles. The Hall–Kier alpha value is -1.36. The summed E-state index contributed by atoms with van der Waals surface area (Å²) in [6.07, 6.45) is 10.9. The predicted octanol–water partition coefficient (Wildman–Crippen LogP) is 3.33. The van der Waals surface area contributed by atoms with Crippen LogP contribution in [0.1, 0.15) is 72.1 Å². The molecule has 0 aliphatic heterocycles. The molecule has 4 rings (SSSR count). The SMILES string of the molecule is C/C(=N/N)[C@]1(O)CC[C@H]2[C@@H]3CCC4=C/C(=N/N)CC[C@@]4(C)[C@@H]3CC[C@@]21C. The maximum Gasteiger partial charge on any atom is 0.110 e. The highest BCUT2D eigenvalue weighted by atomic mass is 16.3. The molecule has 0 amide bonds. The lowest BCUT2D eigenvalue weighted by Crippen LogP contribution is -2.57. The molecule has 0 bridgehead atoms. The Kier molecular flexibility index (Phi) is 4.03. The zero-order valence-corrected chi connectivity index (χ0v) is 16.5. The van der Waals surface area contributed by atoms with E-state index >= 15 is 0 Å². The van der Waals surface area contributed by atoms with Gasteiger partial charge in [0, 0.05) is 5.41 Å². The third kappa shape index (κ3) is 2.12. The third-order valence-electron chi connectivity index (χ3n) is 9.09. The van der Waals surface area contributed by atoms with Gasteiger partial charge < -0.3 is 16.8 Å². The van der Waals surface area contributed by atoms with Gasteiger partial charge in [-0.1, -0.05) is 19.4 Å². The second-order valence-electron chi connectivity index (χ2n) is 9.69. The quantitative estimate of drug-likeness (QED) is 0.381. The molecule has 0 aromatic rings. The number of nitrogens with two attached hydrogens (primary N) is 2. The van der Waals surface area contributed by atoms with Gasteiger partial charge in [0.25, 0.3) is 0 Å². The van der Waals surface area contributed by atoms with Gasteiger partial charge in [-0.2, -0.15) is 10.2 Å². The van der Waals surface area contributed by atoms with Gasteiger partial charge in [-0.05, 0) is 87.5 Å². The van der Waals surface area contributed by atoms with Crippen molar-refractivity contribution in [2.45, 2.75) is 77.7 Å². The second-order valence-corrected chi connectivity index (χ2v) is 9.69. The molecule has 0 spiro atoms. The van der Waals surface area contributed by atoms with Crippen LogP contribution in [-0.2, 0) is 0 Å². The van der Waals surface area contributed by atoms with E-state index in [0.717, 1.165) is 44.2 Å². The monoisotopic (exact) mass is 358 g/mol. The molecule has 4 aliphatic rings. The fourth-order valence-corrected chi connectivity index (χ4v) is 7.39. The summed E-state index contributed by atoms with van der Waals surface area (Å²) in [6.45, 7) is 6.67. The van der Waals surface area contributed by atoms with Crippen LogP contribution >= 0.6 is 0 Å². The Bertz CT molecular complexity index is 698. The molecule has 3 saturated carbocycles. The molecule has 26 heavy (non-hydrogen) atoms. The Morgan fingerprint density at radius 3 is 2.50 bits per heavy atom. The Labute approximate surface area is 157 Å². The Morgan fingerprint density at radius 1 is 1.08 bits per heavy atom. The molecule has 0 heterocycles. The van der Waals surface area contributed by atoms with Gasteiger partial charge in [-0.15, -0.1) is 0 Å². The summed E-state index contributed by atoms with van der Waals surface area (Å²) in [6, 6.07) is 0. The first-order valence-corrected chi connectivity index (χ1v) is 10.3. The molecule has 0 radical (unpaired) electrons. The maximum absolute atomic E-state index is 11.5. The molecule has 144 valence electrons. The van der Waals surface area contributed by atoms with E-state index < -0.39 is 5.60 Å². The zero-order valence-electron chi connectivity index (χ0n) is 16.5. The molecule has 6 atom stereocenters. The number of hydrogen-bond acceptors (Lipinski definition) is 5. The number of rotatable bonds is 1. The van der Waals surface area contributed by atoms with Gasteiger partial charge in [0.15, 0.2) is 0 Å². The summed E-state index contributed by atoms with van der Waals surface area (Å²) in [5.74, 6) is 13.1. The molecule has 0 saturated heterocycles. The molecule has 5 N–H and O–H groups in total. The summed E-state index contributed by atoms with van der Waals surface area (Å²) in [5, 5.41) is 19.4. The van der Waals surface area contributed by atoms with Crippen molar-refractivity contribution in [3.05, 3.63) is 11.6 Å². The van der Waals surface area contributed by atoms with Crippen LogP contribution in [0.15, 0.2) is 21.9 Å². The van der Waals surface area contributed by atoms with E-state index in [1.54, 1.807) is 5.57 Å². The molecule has 0 unspecified atom stereocenters. The van der Waals surface area contributed by atoms with Crippen molar-refractivity contribution < 1.29 is 5.11 Å². The summed E-state index contributed by atoms with van der Waals surface area (Å²) in [7, 11) is 0. The van der Waals surface area contributed by atoms with E-state index in [1.165, 1.54) is 12.8 Å². The van der Waals surface area contributed by atoms with Crippen molar-refractivity contribution in [1.82, 2.24) is 0 Å². The van der Waals surface area contributed by atoms with Crippen LogP contribution in [-0.4, -0.2) is 22.1 Å². The average molecular weight is 359 g/mol. The van der Waals surface area contributed by atoms with Gasteiger partial charge in [0.05, 0.1) is 11.4 Å². The summed E-state index contributed by atoms with van der Waals surface area (Å²) in [4.78, 5) is 0. The van der Waals surface area contributed by atoms with Crippen molar-refractivity contribution in [3.63, 3.8) is 0 Å². The van der Waals surface area contributed by atoms with Gasteiger partial charge in [0.1, 0.15) is 5.60 Å². The normalized spacial score (nSPS) is 50.0. The smallest absolute Gasteiger partial charge is 0.110 e. The van der Waals surface area contributed by atoms with Crippen molar-refractivity contribution in [2.75, 3.05) is 0 Å².